The summed E-state index contributed by atoms with van der Waals surface area (Å²) in [6.45, 7) is 7.95. The normalized spacial score (nSPS) is 12.1. The van der Waals surface area contributed by atoms with Gasteiger partial charge < -0.3 is 15.0 Å². The quantitative estimate of drug-likeness (QED) is 0.322. The molecule has 214 valence electrons. The van der Waals surface area contributed by atoms with E-state index in [0.29, 0.717) is 24.4 Å². The van der Waals surface area contributed by atoms with Crippen molar-refractivity contribution in [2.45, 2.75) is 51.6 Å². The topological polar surface area (TPSA) is 96.0 Å². The smallest absolute Gasteiger partial charge is 0.264 e. The molecule has 0 spiro atoms. The van der Waals surface area contributed by atoms with Crippen molar-refractivity contribution in [2.75, 3.05) is 24.5 Å². The van der Waals surface area contributed by atoms with Crippen molar-refractivity contribution in [3.63, 3.8) is 0 Å². The lowest BCUT2D eigenvalue weighted by molar-refractivity contribution is -0.140. The van der Waals surface area contributed by atoms with Crippen molar-refractivity contribution in [3.8, 4) is 5.75 Å². The molecule has 0 aliphatic rings. The molecule has 0 radical (unpaired) electrons. The number of nitrogens with one attached hydrogen (secondary N) is 1. The molecular weight excluding hydrogens is 526 g/mol. The zero-order valence-corrected chi connectivity index (χ0v) is 24.6. The van der Waals surface area contributed by atoms with Crippen LogP contribution in [0.15, 0.2) is 83.8 Å². The van der Waals surface area contributed by atoms with Gasteiger partial charge in [0.25, 0.3) is 10.0 Å². The highest BCUT2D eigenvalue weighted by molar-refractivity contribution is 7.92. The predicted octanol–water partition coefficient (Wildman–Crippen LogP) is 4.78. The first-order valence-corrected chi connectivity index (χ1v) is 14.8. The number of carbonyl (C=O) groups is 2. The van der Waals surface area contributed by atoms with Gasteiger partial charge in [-0.3, -0.25) is 13.9 Å². The van der Waals surface area contributed by atoms with E-state index in [2.05, 4.69) is 5.32 Å². The average molecular weight is 566 g/mol. The van der Waals surface area contributed by atoms with Gasteiger partial charge in [-0.15, -0.1) is 0 Å². The van der Waals surface area contributed by atoms with E-state index < -0.39 is 28.5 Å². The van der Waals surface area contributed by atoms with Crippen molar-refractivity contribution >= 4 is 27.5 Å². The molecule has 3 aromatic rings. The molecule has 0 bridgehead atoms. The lowest BCUT2D eigenvalue weighted by Gasteiger charge is -2.33. The molecular formula is C31H39N3O5S. The Morgan fingerprint density at radius 1 is 0.950 bits per heavy atom. The number of hydrogen-bond acceptors (Lipinski definition) is 5. The second-order valence-corrected chi connectivity index (χ2v) is 12.0. The highest BCUT2D eigenvalue weighted by Gasteiger charge is 2.33. The second-order valence-electron chi connectivity index (χ2n) is 10.1. The zero-order valence-electron chi connectivity index (χ0n) is 23.8. The molecule has 0 fully saturated rings. The van der Waals surface area contributed by atoms with E-state index in [0.717, 1.165) is 15.4 Å². The van der Waals surface area contributed by atoms with E-state index in [4.69, 9.17) is 4.74 Å². The molecule has 0 saturated carbocycles. The fourth-order valence-corrected chi connectivity index (χ4v) is 5.78. The monoisotopic (exact) mass is 565 g/mol. The summed E-state index contributed by atoms with van der Waals surface area (Å²) in [5, 5.41) is 2.94. The number of methoxy groups -OCH3 is 1. The number of ether oxygens (including phenoxy) is 1. The molecule has 3 rings (SSSR count). The largest absolute Gasteiger partial charge is 0.497 e. The number of nitrogens with zero attached hydrogens (tertiary/aromatic N) is 2. The van der Waals surface area contributed by atoms with Crippen molar-refractivity contribution in [1.82, 2.24) is 10.2 Å². The Morgan fingerprint density at radius 3 is 2.20 bits per heavy atom. The summed E-state index contributed by atoms with van der Waals surface area (Å²) in [6, 6.07) is 21.4. The zero-order chi connectivity index (χ0) is 29.3. The molecule has 9 heteroatoms. The number of anilines is 1. The van der Waals surface area contributed by atoms with Crippen LogP contribution in [-0.2, 0) is 26.2 Å². The molecule has 3 aromatic carbocycles. The van der Waals surface area contributed by atoms with Gasteiger partial charge in [0.2, 0.25) is 11.8 Å². The predicted molar refractivity (Wildman–Crippen MR) is 158 cm³/mol. The highest BCUT2D eigenvalue weighted by atomic mass is 32.2. The molecule has 1 N–H and O–H groups in total. The Hall–Kier alpha value is -3.85. The Morgan fingerprint density at radius 2 is 1.62 bits per heavy atom. The average Bonchev–Trinajstić information content (AvgIpc) is 2.95. The minimum Gasteiger partial charge on any atom is -0.497 e. The number of carbonyl (C=O) groups excluding carboxylic acids is 2. The summed E-state index contributed by atoms with van der Waals surface area (Å²) in [4.78, 5) is 28.9. The molecule has 0 aliphatic carbocycles. The minimum atomic E-state index is -4.11. The van der Waals surface area contributed by atoms with Crippen LogP contribution in [0.25, 0.3) is 0 Å². The lowest BCUT2D eigenvalue weighted by atomic mass is 10.1. The van der Waals surface area contributed by atoms with Crippen LogP contribution in [0.1, 0.15) is 38.3 Å². The summed E-state index contributed by atoms with van der Waals surface area (Å²) < 4.78 is 34.0. The number of aryl methyl sites for hydroxylation is 1. The maximum absolute atomic E-state index is 14.1. The van der Waals surface area contributed by atoms with Gasteiger partial charge in [-0.1, -0.05) is 68.8 Å². The molecule has 8 nitrogen and oxygen atoms in total. The van der Waals surface area contributed by atoms with Crippen LogP contribution in [0.3, 0.4) is 0 Å². The Kier molecular flexibility index (Phi) is 10.7. The van der Waals surface area contributed by atoms with Crippen LogP contribution in [-0.4, -0.2) is 51.4 Å². The third-order valence-corrected chi connectivity index (χ3v) is 8.26. The molecule has 2 amide bonds. The van der Waals surface area contributed by atoms with Gasteiger partial charge in [0.1, 0.15) is 18.3 Å². The van der Waals surface area contributed by atoms with Crippen LogP contribution in [0.2, 0.25) is 0 Å². The van der Waals surface area contributed by atoms with E-state index >= 15 is 0 Å². The van der Waals surface area contributed by atoms with Crippen molar-refractivity contribution in [3.05, 3.63) is 90.0 Å². The SMILES string of the molecule is CCC(C(=O)NCC(C)C)N(Cc1cccc(C)c1)C(=O)CN(c1ccc(OC)cc1)S(=O)(=O)c1ccccc1. The van der Waals surface area contributed by atoms with Crippen LogP contribution in [0.4, 0.5) is 5.69 Å². The third-order valence-electron chi connectivity index (χ3n) is 6.48. The van der Waals surface area contributed by atoms with E-state index in [1.807, 2.05) is 52.0 Å². The van der Waals surface area contributed by atoms with E-state index in [1.165, 1.54) is 24.1 Å². The first-order chi connectivity index (χ1) is 19.1. The molecule has 0 saturated heterocycles. The molecule has 1 atom stereocenters. The van der Waals surface area contributed by atoms with Crippen LogP contribution in [0.5, 0.6) is 5.75 Å². The number of hydrogen-bond donors (Lipinski definition) is 1. The maximum Gasteiger partial charge on any atom is 0.264 e. The Bertz CT molecular complexity index is 1380. The minimum absolute atomic E-state index is 0.0607. The van der Waals surface area contributed by atoms with Crippen LogP contribution in [0, 0.1) is 12.8 Å². The van der Waals surface area contributed by atoms with Gasteiger partial charge in [0.15, 0.2) is 0 Å². The lowest BCUT2D eigenvalue weighted by Crippen LogP contribution is -2.52. The summed E-state index contributed by atoms with van der Waals surface area (Å²) in [5.74, 6) is 0.0486. The molecule has 0 aromatic heterocycles. The van der Waals surface area contributed by atoms with Crippen molar-refractivity contribution in [1.29, 1.82) is 0 Å². The third kappa shape index (κ3) is 7.85. The Labute approximate surface area is 238 Å². The fraction of sp³-hybridized carbons (Fsp3) is 0.355. The summed E-state index contributed by atoms with van der Waals surface area (Å²) in [6.07, 6.45) is 0.370. The molecule has 0 aliphatic heterocycles. The number of amides is 2. The van der Waals surface area contributed by atoms with Crippen LogP contribution < -0.4 is 14.4 Å². The first kappa shape index (κ1) is 30.7. The Balaban J connectivity index is 2.04. The first-order valence-electron chi connectivity index (χ1n) is 13.4. The second kappa shape index (κ2) is 14.0. The van der Waals surface area contributed by atoms with Crippen LogP contribution >= 0.6 is 0 Å². The van der Waals surface area contributed by atoms with Gasteiger partial charge in [0, 0.05) is 13.1 Å². The van der Waals surface area contributed by atoms with Crippen molar-refractivity contribution in [2.24, 2.45) is 5.92 Å². The maximum atomic E-state index is 14.1. The molecule has 0 heterocycles. The van der Waals surface area contributed by atoms with Gasteiger partial charge in [-0.25, -0.2) is 8.42 Å². The summed E-state index contributed by atoms with van der Waals surface area (Å²) >= 11 is 0. The standard InChI is InChI=1S/C31H39N3O5S/c1-6-29(31(36)32-20-23(2)3)33(21-25-12-10-11-24(4)19-25)30(35)22-34(26-15-17-27(39-5)18-16-26)40(37,38)28-13-8-7-9-14-28/h7-19,23,29H,6,20-22H2,1-5H3,(H,32,36). The fourth-order valence-electron chi connectivity index (χ4n) is 4.35. The van der Waals surface area contributed by atoms with Gasteiger partial charge in [0.05, 0.1) is 17.7 Å². The van der Waals surface area contributed by atoms with Crippen molar-refractivity contribution < 1.29 is 22.7 Å². The molecule has 40 heavy (non-hydrogen) atoms. The van der Waals surface area contributed by atoms with E-state index in [9.17, 15) is 18.0 Å². The number of benzene rings is 3. The number of rotatable bonds is 13. The van der Waals surface area contributed by atoms with E-state index in [1.54, 1.807) is 42.5 Å². The molecule has 1 unspecified atom stereocenters. The van der Waals surface area contributed by atoms with Gasteiger partial charge in [-0.05, 0) is 61.2 Å². The summed E-state index contributed by atoms with van der Waals surface area (Å²) in [7, 11) is -2.59. The summed E-state index contributed by atoms with van der Waals surface area (Å²) in [5.41, 5.74) is 2.19. The highest BCUT2D eigenvalue weighted by Crippen LogP contribution is 2.26. The number of sulfonamides is 1. The van der Waals surface area contributed by atoms with E-state index in [-0.39, 0.29) is 23.3 Å². The van der Waals surface area contributed by atoms with Gasteiger partial charge >= 0.3 is 0 Å². The van der Waals surface area contributed by atoms with Gasteiger partial charge in [-0.2, -0.15) is 0 Å².